The Kier molecular flexibility index (Phi) is 14.4. The molecule has 0 bridgehead atoms. The van der Waals surface area contributed by atoms with Gasteiger partial charge in [-0.05, 0) is 56.9 Å². The quantitative estimate of drug-likeness (QED) is 0.0678. The molecule has 14 nitrogen and oxygen atoms in total. The fraction of sp³-hybridized carbons (Fsp3) is 0.359. The molecule has 0 aliphatic rings. The molecule has 282 valence electrons. The molecule has 0 saturated heterocycles. The summed E-state index contributed by atoms with van der Waals surface area (Å²) in [7, 11) is 0. The molecule has 0 aliphatic carbocycles. The Balaban J connectivity index is 1.55. The highest BCUT2D eigenvalue weighted by atomic mass is 16.5. The number of urea groups is 2. The van der Waals surface area contributed by atoms with Crippen LogP contribution in [0.15, 0.2) is 85.1 Å². The number of nitrogens with one attached hydrogen (secondary N) is 6. The molecule has 53 heavy (non-hydrogen) atoms. The molecule has 2 unspecified atom stereocenters. The summed E-state index contributed by atoms with van der Waals surface area (Å²) < 4.78 is 5.71. The van der Waals surface area contributed by atoms with Crippen LogP contribution in [0.2, 0.25) is 0 Å². The minimum absolute atomic E-state index is 0.0201. The van der Waals surface area contributed by atoms with Gasteiger partial charge in [-0.15, -0.1) is 0 Å². The number of primary amides is 1. The number of benzene rings is 3. The smallest absolute Gasteiger partial charge is 0.336 e. The number of hydrogen-bond donors (Lipinski definition) is 7. The van der Waals surface area contributed by atoms with Crippen molar-refractivity contribution in [3.05, 3.63) is 107 Å². The number of ether oxygens (including phenoxy) is 1. The van der Waals surface area contributed by atoms with Crippen LogP contribution in [0, 0.1) is 6.92 Å². The predicted octanol–water partition coefficient (Wildman–Crippen LogP) is 3.70. The molecular formula is C39H50N8O6. The number of amides is 7. The van der Waals surface area contributed by atoms with Crippen LogP contribution in [-0.2, 0) is 38.7 Å². The number of H-pyrrole nitrogens is 1. The highest BCUT2D eigenvalue weighted by molar-refractivity contribution is 5.93. The monoisotopic (exact) mass is 726 g/mol. The van der Waals surface area contributed by atoms with Crippen LogP contribution in [-0.4, -0.2) is 70.6 Å². The van der Waals surface area contributed by atoms with Gasteiger partial charge in [-0.1, -0.05) is 78.4 Å². The normalized spacial score (nSPS) is 12.3. The van der Waals surface area contributed by atoms with Gasteiger partial charge in [0.2, 0.25) is 11.8 Å². The van der Waals surface area contributed by atoms with Crippen molar-refractivity contribution in [1.82, 2.24) is 36.7 Å². The maximum Gasteiger partial charge on any atom is 0.336 e. The number of hydrazine groups is 1. The van der Waals surface area contributed by atoms with Gasteiger partial charge >= 0.3 is 12.1 Å². The maximum absolute atomic E-state index is 14.2. The van der Waals surface area contributed by atoms with Crippen LogP contribution in [0.1, 0.15) is 55.9 Å². The van der Waals surface area contributed by atoms with E-state index in [1.807, 2.05) is 85.8 Å². The van der Waals surface area contributed by atoms with Crippen molar-refractivity contribution >= 4 is 40.7 Å². The highest BCUT2D eigenvalue weighted by Crippen LogP contribution is 2.20. The number of nitrogens with two attached hydrogens (primary N) is 1. The Morgan fingerprint density at radius 2 is 1.55 bits per heavy atom. The minimum Gasteiger partial charge on any atom is -0.375 e. The zero-order valence-corrected chi connectivity index (χ0v) is 30.7. The Labute approximate surface area is 309 Å². The lowest BCUT2D eigenvalue weighted by Crippen LogP contribution is -2.59. The SMILES string of the molecule is Cc1ccc(CN(NC(=O)C(Cc2c[nH]c3ccccc23)NC(=O)C(CCC(N)=O)NC(=O)NC(C)(C)C)C(=O)NCCOCc2ccccc2)cc1. The molecule has 1 aromatic heterocycles. The summed E-state index contributed by atoms with van der Waals surface area (Å²) in [4.78, 5) is 69.2. The van der Waals surface area contributed by atoms with Crippen LogP contribution >= 0.6 is 0 Å². The summed E-state index contributed by atoms with van der Waals surface area (Å²) in [6.45, 7) is 8.09. The van der Waals surface area contributed by atoms with E-state index < -0.39 is 47.4 Å². The zero-order valence-electron chi connectivity index (χ0n) is 30.7. The summed E-state index contributed by atoms with van der Waals surface area (Å²) >= 11 is 0. The fourth-order valence-corrected chi connectivity index (χ4v) is 5.43. The molecule has 14 heteroatoms. The first-order chi connectivity index (χ1) is 25.3. The second-order valence-electron chi connectivity index (χ2n) is 13.8. The van der Waals surface area contributed by atoms with E-state index in [-0.39, 0.29) is 39.0 Å². The molecule has 0 aliphatic heterocycles. The van der Waals surface area contributed by atoms with E-state index in [1.165, 1.54) is 0 Å². The molecule has 0 saturated carbocycles. The summed E-state index contributed by atoms with van der Waals surface area (Å²) in [6, 6.07) is 21.0. The standard InChI is InChI=1S/C39H50N8O6/c1-26-14-16-27(17-15-26)24-47(38(52)41-20-21-53-25-28-10-6-5-7-11-28)46-36(50)33(22-29-23-42-31-13-9-8-12-30(29)31)43-35(49)32(18-19-34(40)48)44-37(51)45-39(2,3)4/h5-17,23,32-33,42H,18-22,24-25H2,1-4H3,(H2,40,48)(H,41,52)(H,43,49)(H,46,50)(H2,44,45,51). The lowest BCUT2D eigenvalue weighted by Gasteiger charge is -2.28. The van der Waals surface area contributed by atoms with Gasteiger partial charge in [-0.3, -0.25) is 19.8 Å². The number of aromatic amines is 1. The van der Waals surface area contributed by atoms with E-state index in [0.29, 0.717) is 6.61 Å². The minimum atomic E-state index is -1.22. The molecule has 8 N–H and O–H groups in total. The third-order valence-electron chi connectivity index (χ3n) is 8.11. The second-order valence-corrected chi connectivity index (χ2v) is 13.8. The molecular weight excluding hydrogens is 676 g/mol. The van der Waals surface area contributed by atoms with Crippen LogP contribution in [0.4, 0.5) is 9.59 Å². The van der Waals surface area contributed by atoms with Gasteiger partial charge in [-0.25, -0.2) is 14.6 Å². The number of hydrogen-bond acceptors (Lipinski definition) is 6. The third kappa shape index (κ3) is 13.3. The zero-order chi connectivity index (χ0) is 38.4. The summed E-state index contributed by atoms with van der Waals surface area (Å²) in [6.07, 6.45) is 1.50. The number of carbonyl (C=O) groups is 5. The molecule has 1 heterocycles. The molecule has 4 aromatic rings. The highest BCUT2D eigenvalue weighted by Gasteiger charge is 2.30. The average molecular weight is 727 g/mol. The molecule has 4 rings (SSSR count). The number of carbonyl (C=O) groups excluding carboxylic acids is 5. The first-order valence-electron chi connectivity index (χ1n) is 17.5. The number of aromatic nitrogens is 1. The molecule has 0 radical (unpaired) electrons. The fourth-order valence-electron chi connectivity index (χ4n) is 5.43. The summed E-state index contributed by atoms with van der Waals surface area (Å²) in [5.41, 5.74) is 11.8. The van der Waals surface area contributed by atoms with Crippen molar-refractivity contribution in [2.24, 2.45) is 5.73 Å². The Morgan fingerprint density at radius 1 is 0.849 bits per heavy atom. The first-order valence-corrected chi connectivity index (χ1v) is 17.5. The van der Waals surface area contributed by atoms with Crippen LogP contribution in [0.3, 0.4) is 0 Å². The van der Waals surface area contributed by atoms with Gasteiger partial charge in [0, 0.05) is 42.0 Å². The van der Waals surface area contributed by atoms with E-state index in [9.17, 15) is 24.0 Å². The van der Waals surface area contributed by atoms with Gasteiger partial charge in [0.1, 0.15) is 12.1 Å². The van der Waals surface area contributed by atoms with Gasteiger partial charge < -0.3 is 36.7 Å². The largest absolute Gasteiger partial charge is 0.375 e. The van der Waals surface area contributed by atoms with Crippen molar-refractivity contribution in [3.63, 3.8) is 0 Å². The number of aryl methyl sites for hydroxylation is 1. The van der Waals surface area contributed by atoms with E-state index in [2.05, 4.69) is 31.7 Å². The van der Waals surface area contributed by atoms with Gasteiger partial charge in [-0.2, -0.15) is 0 Å². The average Bonchev–Trinajstić information content (AvgIpc) is 3.52. The number of nitrogens with zero attached hydrogens (tertiary/aromatic N) is 1. The van der Waals surface area contributed by atoms with Crippen molar-refractivity contribution in [1.29, 1.82) is 0 Å². The number of rotatable bonds is 16. The van der Waals surface area contributed by atoms with E-state index in [1.54, 1.807) is 27.0 Å². The molecule has 0 fully saturated rings. The molecule has 2 atom stereocenters. The van der Waals surface area contributed by atoms with Crippen LogP contribution in [0.5, 0.6) is 0 Å². The Bertz CT molecular complexity index is 1840. The summed E-state index contributed by atoms with van der Waals surface area (Å²) in [5, 5.41) is 12.9. The van der Waals surface area contributed by atoms with Gasteiger partial charge in [0.25, 0.3) is 5.91 Å². The van der Waals surface area contributed by atoms with E-state index >= 15 is 0 Å². The predicted molar refractivity (Wildman–Crippen MR) is 202 cm³/mol. The third-order valence-corrected chi connectivity index (χ3v) is 8.11. The van der Waals surface area contributed by atoms with Gasteiger partial charge in [0.15, 0.2) is 0 Å². The second kappa shape index (κ2) is 19.1. The molecule has 3 aromatic carbocycles. The maximum atomic E-state index is 14.2. The topological polar surface area (TPSA) is 200 Å². The van der Waals surface area contributed by atoms with Crippen molar-refractivity contribution < 1.29 is 28.7 Å². The summed E-state index contributed by atoms with van der Waals surface area (Å²) in [5.74, 6) is -2.04. The first kappa shape index (κ1) is 39.9. The van der Waals surface area contributed by atoms with Crippen molar-refractivity contribution in [2.45, 2.75) is 77.7 Å². The van der Waals surface area contributed by atoms with Crippen molar-refractivity contribution in [2.75, 3.05) is 13.2 Å². The lowest BCUT2D eigenvalue weighted by molar-refractivity contribution is -0.132. The molecule has 0 spiro atoms. The van der Waals surface area contributed by atoms with Crippen LogP contribution < -0.4 is 32.4 Å². The Morgan fingerprint density at radius 3 is 2.25 bits per heavy atom. The number of para-hydroxylation sites is 1. The van der Waals surface area contributed by atoms with Crippen LogP contribution in [0.25, 0.3) is 10.9 Å². The van der Waals surface area contributed by atoms with Gasteiger partial charge in [0.05, 0.1) is 19.8 Å². The van der Waals surface area contributed by atoms with Crippen molar-refractivity contribution in [3.8, 4) is 0 Å². The number of fused-ring (bicyclic) bond motifs is 1. The van der Waals surface area contributed by atoms with E-state index in [0.717, 1.165) is 38.2 Å². The van der Waals surface area contributed by atoms with E-state index in [4.69, 9.17) is 10.5 Å². The Hall–Kier alpha value is -5.89. The lowest BCUT2D eigenvalue weighted by atomic mass is 10.0. The molecule has 7 amide bonds.